The Kier molecular flexibility index (Phi) is 6.32. The van der Waals surface area contributed by atoms with E-state index in [9.17, 15) is 13.2 Å². The lowest BCUT2D eigenvalue weighted by Gasteiger charge is -2.20. The van der Waals surface area contributed by atoms with Gasteiger partial charge in [0, 0.05) is 12.6 Å². The van der Waals surface area contributed by atoms with Crippen molar-refractivity contribution in [1.29, 1.82) is 0 Å². The van der Waals surface area contributed by atoms with E-state index in [1.165, 1.54) is 12.1 Å². The third-order valence-corrected chi connectivity index (χ3v) is 4.04. The van der Waals surface area contributed by atoms with Crippen LogP contribution in [-0.2, 0) is 14.8 Å². The van der Waals surface area contributed by atoms with Crippen LogP contribution in [0, 0.1) is 0 Å². The fourth-order valence-electron chi connectivity index (χ4n) is 1.91. The van der Waals surface area contributed by atoms with E-state index in [-0.39, 0.29) is 22.9 Å². The summed E-state index contributed by atoms with van der Waals surface area (Å²) in [4.78, 5) is 11.9. The fraction of sp³-hybridized carbons (Fsp3) is 0.500. The first-order chi connectivity index (χ1) is 9.75. The zero-order chi connectivity index (χ0) is 16.0. The summed E-state index contributed by atoms with van der Waals surface area (Å²) in [7, 11) is -3.72. The van der Waals surface area contributed by atoms with Crippen molar-refractivity contribution in [3.8, 4) is 0 Å². The summed E-state index contributed by atoms with van der Waals surface area (Å²) in [5.74, 6) is -0.0775. The van der Waals surface area contributed by atoms with Crippen LogP contribution in [0.3, 0.4) is 0 Å². The van der Waals surface area contributed by atoms with Gasteiger partial charge in [-0.25, -0.2) is 13.6 Å². The average Bonchev–Trinajstić information content (AvgIpc) is 2.43. The van der Waals surface area contributed by atoms with Crippen molar-refractivity contribution in [2.45, 2.75) is 44.2 Å². The normalized spacial score (nSPS) is 14.5. The monoisotopic (exact) mass is 313 g/mol. The van der Waals surface area contributed by atoms with Crippen LogP contribution in [0.4, 0.5) is 0 Å². The van der Waals surface area contributed by atoms with Gasteiger partial charge in [0.05, 0.1) is 10.9 Å². The Morgan fingerprint density at radius 2 is 2.00 bits per heavy atom. The number of carbonyl (C=O) groups excluding carboxylic acids is 1. The summed E-state index contributed by atoms with van der Waals surface area (Å²) >= 11 is 0. The van der Waals surface area contributed by atoms with Crippen molar-refractivity contribution in [2.24, 2.45) is 5.14 Å². The van der Waals surface area contributed by atoms with Crippen LogP contribution < -0.4 is 15.8 Å². The number of sulfonamides is 1. The fourth-order valence-corrected chi connectivity index (χ4v) is 2.48. The molecule has 0 spiro atoms. The Balaban J connectivity index is 2.76. The maximum atomic E-state index is 11.8. The molecular formula is C14H23N3O3S. The summed E-state index contributed by atoms with van der Waals surface area (Å²) in [6.07, 6.45) is 0.879. The zero-order valence-corrected chi connectivity index (χ0v) is 13.4. The number of hydrogen-bond acceptors (Lipinski definition) is 4. The highest BCUT2D eigenvalue weighted by Gasteiger charge is 2.17. The predicted molar refractivity (Wildman–Crippen MR) is 82.1 cm³/mol. The van der Waals surface area contributed by atoms with Gasteiger partial charge < -0.3 is 5.32 Å². The SMILES string of the molecule is CCCNC(=O)C(C)NC(C)c1cccc(S(N)(=O)=O)c1. The molecule has 0 aliphatic rings. The first-order valence-electron chi connectivity index (χ1n) is 6.92. The van der Waals surface area contributed by atoms with Crippen LogP contribution in [0.15, 0.2) is 29.2 Å². The molecule has 2 atom stereocenters. The molecular weight excluding hydrogens is 290 g/mol. The topological polar surface area (TPSA) is 101 Å². The number of nitrogens with one attached hydrogen (secondary N) is 2. The number of rotatable bonds is 7. The Hall–Kier alpha value is -1.44. The van der Waals surface area contributed by atoms with E-state index in [0.29, 0.717) is 6.54 Å². The molecule has 7 heteroatoms. The molecule has 1 amide bonds. The van der Waals surface area contributed by atoms with E-state index < -0.39 is 10.0 Å². The molecule has 0 radical (unpaired) electrons. The zero-order valence-electron chi connectivity index (χ0n) is 12.6. The molecule has 0 heterocycles. The van der Waals surface area contributed by atoms with Crippen molar-refractivity contribution in [1.82, 2.24) is 10.6 Å². The molecule has 1 aromatic rings. The van der Waals surface area contributed by atoms with Gasteiger partial charge >= 0.3 is 0 Å². The van der Waals surface area contributed by atoms with Gasteiger partial charge in [-0.1, -0.05) is 19.1 Å². The number of hydrogen-bond donors (Lipinski definition) is 3. The van der Waals surface area contributed by atoms with Crippen molar-refractivity contribution < 1.29 is 13.2 Å². The summed E-state index contributed by atoms with van der Waals surface area (Å²) in [5, 5.41) is 11.1. The van der Waals surface area contributed by atoms with E-state index >= 15 is 0 Å². The number of primary sulfonamides is 1. The maximum absolute atomic E-state index is 11.8. The highest BCUT2D eigenvalue weighted by Crippen LogP contribution is 2.17. The van der Waals surface area contributed by atoms with Crippen molar-refractivity contribution in [2.75, 3.05) is 6.54 Å². The first kappa shape index (κ1) is 17.6. The van der Waals surface area contributed by atoms with Gasteiger partial charge in [0.25, 0.3) is 0 Å². The van der Waals surface area contributed by atoms with Crippen molar-refractivity contribution in [3.63, 3.8) is 0 Å². The summed E-state index contributed by atoms with van der Waals surface area (Å²) in [6, 6.07) is 5.85. The second-order valence-electron chi connectivity index (χ2n) is 5.02. The van der Waals surface area contributed by atoms with Gasteiger partial charge in [0.2, 0.25) is 15.9 Å². The Morgan fingerprint density at radius 3 is 2.57 bits per heavy atom. The van der Waals surface area contributed by atoms with Gasteiger partial charge in [0.15, 0.2) is 0 Å². The first-order valence-corrected chi connectivity index (χ1v) is 8.47. The number of benzene rings is 1. The maximum Gasteiger partial charge on any atom is 0.238 e. The van der Waals surface area contributed by atoms with Gasteiger partial charge in [-0.05, 0) is 38.0 Å². The van der Waals surface area contributed by atoms with Crippen LogP contribution in [0.1, 0.15) is 38.8 Å². The second kappa shape index (κ2) is 7.53. The average molecular weight is 313 g/mol. The van der Waals surface area contributed by atoms with Gasteiger partial charge in [0.1, 0.15) is 0 Å². The Morgan fingerprint density at radius 1 is 1.33 bits per heavy atom. The van der Waals surface area contributed by atoms with Crippen LogP contribution in [0.5, 0.6) is 0 Å². The van der Waals surface area contributed by atoms with Crippen LogP contribution in [0.2, 0.25) is 0 Å². The van der Waals surface area contributed by atoms with Crippen molar-refractivity contribution in [3.05, 3.63) is 29.8 Å². The summed E-state index contributed by atoms with van der Waals surface area (Å²) in [5.41, 5.74) is 0.761. The largest absolute Gasteiger partial charge is 0.355 e. The van der Waals surface area contributed by atoms with Gasteiger partial charge in [-0.3, -0.25) is 10.1 Å². The van der Waals surface area contributed by atoms with E-state index in [1.807, 2.05) is 13.8 Å². The molecule has 2 unspecified atom stereocenters. The third kappa shape index (κ3) is 5.45. The molecule has 0 bridgehead atoms. The lowest BCUT2D eigenvalue weighted by molar-refractivity contribution is -0.122. The lowest BCUT2D eigenvalue weighted by Crippen LogP contribution is -2.43. The van der Waals surface area contributed by atoms with E-state index in [0.717, 1.165) is 12.0 Å². The highest BCUT2D eigenvalue weighted by molar-refractivity contribution is 7.89. The molecule has 0 saturated heterocycles. The van der Waals surface area contributed by atoms with Crippen LogP contribution in [-0.4, -0.2) is 26.9 Å². The van der Waals surface area contributed by atoms with Crippen molar-refractivity contribution >= 4 is 15.9 Å². The van der Waals surface area contributed by atoms with E-state index in [1.54, 1.807) is 19.1 Å². The Bertz CT molecular complexity index is 587. The third-order valence-electron chi connectivity index (χ3n) is 3.13. The molecule has 0 fully saturated rings. The highest BCUT2D eigenvalue weighted by atomic mass is 32.2. The van der Waals surface area contributed by atoms with Gasteiger partial charge in [-0.2, -0.15) is 0 Å². The minimum atomic E-state index is -3.72. The second-order valence-corrected chi connectivity index (χ2v) is 6.58. The number of amides is 1. The molecule has 0 aliphatic carbocycles. The molecule has 0 saturated carbocycles. The molecule has 21 heavy (non-hydrogen) atoms. The quantitative estimate of drug-likeness (QED) is 0.696. The number of nitrogens with two attached hydrogens (primary N) is 1. The Labute approximate surface area is 126 Å². The standard InChI is InChI=1S/C14H23N3O3S/c1-4-8-16-14(18)11(3)17-10(2)12-6-5-7-13(9-12)21(15,19)20/h5-7,9-11,17H,4,8H2,1-3H3,(H,16,18)(H2,15,19,20). The lowest BCUT2D eigenvalue weighted by atomic mass is 10.1. The van der Waals surface area contributed by atoms with E-state index in [2.05, 4.69) is 10.6 Å². The molecule has 4 N–H and O–H groups in total. The van der Waals surface area contributed by atoms with Gasteiger partial charge in [-0.15, -0.1) is 0 Å². The van der Waals surface area contributed by atoms with Crippen LogP contribution >= 0.6 is 0 Å². The predicted octanol–water partition coefficient (Wildman–Crippen LogP) is 0.899. The number of carbonyl (C=O) groups is 1. The van der Waals surface area contributed by atoms with Crippen LogP contribution in [0.25, 0.3) is 0 Å². The van der Waals surface area contributed by atoms with E-state index in [4.69, 9.17) is 5.14 Å². The molecule has 1 aromatic carbocycles. The smallest absolute Gasteiger partial charge is 0.238 e. The summed E-state index contributed by atoms with van der Waals surface area (Å²) in [6.45, 7) is 6.26. The molecule has 0 aliphatic heterocycles. The molecule has 0 aromatic heterocycles. The molecule has 118 valence electrons. The molecule has 6 nitrogen and oxygen atoms in total. The minimum Gasteiger partial charge on any atom is -0.355 e. The molecule has 1 rings (SSSR count). The summed E-state index contributed by atoms with van der Waals surface area (Å²) < 4.78 is 22.7. The minimum absolute atomic E-state index is 0.0664.